The Kier molecular flexibility index (Phi) is 5.94. The maximum atomic E-state index is 12.4. The lowest BCUT2D eigenvalue weighted by molar-refractivity contribution is -0.131. The first kappa shape index (κ1) is 18.7. The van der Waals surface area contributed by atoms with Crippen molar-refractivity contribution in [3.63, 3.8) is 0 Å². The van der Waals surface area contributed by atoms with E-state index in [0.717, 1.165) is 16.5 Å². The van der Waals surface area contributed by atoms with Crippen LogP contribution in [0, 0.1) is 0 Å². The number of nitrogens with one attached hydrogen (secondary N) is 2. The van der Waals surface area contributed by atoms with E-state index in [1.165, 1.54) is 4.90 Å². The molecule has 0 fully saturated rings. The highest BCUT2D eigenvalue weighted by Crippen LogP contribution is 2.23. The Morgan fingerprint density at radius 2 is 1.59 bits per heavy atom. The van der Waals surface area contributed by atoms with E-state index in [1.54, 1.807) is 31.3 Å². The van der Waals surface area contributed by atoms with Crippen LogP contribution in [-0.4, -0.2) is 36.9 Å². The van der Waals surface area contributed by atoms with Crippen LogP contribution in [-0.2, 0) is 9.59 Å². The van der Waals surface area contributed by atoms with E-state index < -0.39 is 0 Å². The number of amides is 2. The summed E-state index contributed by atoms with van der Waals surface area (Å²) < 4.78 is 0. The second-order valence-electron chi connectivity index (χ2n) is 6.16. The summed E-state index contributed by atoms with van der Waals surface area (Å²) in [4.78, 5) is 25.9. The number of anilines is 2. The van der Waals surface area contributed by atoms with Gasteiger partial charge in [0.15, 0.2) is 0 Å². The maximum Gasteiger partial charge on any atom is 0.244 e. The molecule has 0 spiro atoms. The molecule has 0 saturated heterocycles. The molecule has 0 aliphatic carbocycles. The zero-order valence-electron chi connectivity index (χ0n) is 14.9. The molecular formula is C21H20ClN3O2. The van der Waals surface area contributed by atoms with Crippen molar-refractivity contribution >= 4 is 45.6 Å². The van der Waals surface area contributed by atoms with Crippen LogP contribution in [0.25, 0.3) is 10.8 Å². The molecule has 0 aliphatic rings. The maximum absolute atomic E-state index is 12.4. The monoisotopic (exact) mass is 381 g/mol. The second kappa shape index (κ2) is 8.56. The van der Waals surface area contributed by atoms with Gasteiger partial charge in [-0.1, -0.05) is 60.1 Å². The smallest absolute Gasteiger partial charge is 0.244 e. The topological polar surface area (TPSA) is 61.4 Å². The Balaban J connectivity index is 1.56. The molecule has 3 aromatic rings. The molecule has 0 saturated carbocycles. The molecule has 0 atom stereocenters. The zero-order chi connectivity index (χ0) is 19.2. The lowest BCUT2D eigenvalue weighted by Gasteiger charge is -2.18. The Labute approximate surface area is 162 Å². The average molecular weight is 382 g/mol. The molecule has 2 amide bonds. The molecule has 0 aromatic heterocycles. The quantitative estimate of drug-likeness (QED) is 0.678. The van der Waals surface area contributed by atoms with Crippen molar-refractivity contribution in [1.82, 2.24) is 4.90 Å². The number of rotatable bonds is 6. The number of hydrogen-bond donors (Lipinski definition) is 2. The summed E-state index contributed by atoms with van der Waals surface area (Å²) in [6.45, 7) is 0.0468. The third-order valence-electron chi connectivity index (χ3n) is 4.17. The van der Waals surface area contributed by atoms with Gasteiger partial charge in [-0.3, -0.25) is 9.59 Å². The van der Waals surface area contributed by atoms with Crippen molar-refractivity contribution < 1.29 is 9.59 Å². The Bertz CT molecular complexity index is 969. The lowest BCUT2D eigenvalue weighted by Crippen LogP contribution is -2.38. The minimum absolute atomic E-state index is 0.0543. The van der Waals surface area contributed by atoms with E-state index >= 15 is 0 Å². The van der Waals surface area contributed by atoms with Crippen molar-refractivity contribution in [1.29, 1.82) is 0 Å². The lowest BCUT2D eigenvalue weighted by atomic mass is 10.1. The number of halogens is 1. The Morgan fingerprint density at radius 3 is 2.41 bits per heavy atom. The first-order chi connectivity index (χ1) is 13.0. The van der Waals surface area contributed by atoms with Gasteiger partial charge in [-0.2, -0.15) is 0 Å². The normalized spacial score (nSPS) is 10.4. The first-order valence-electron chi connectivity index (χ1n) is 8.54. The van der Waals surface area contributed by atoms with Crippen molar-refractivity contribution in [3.8, 4) is 0 Å². The van der Waals surface area contributed by atoms with Crippen molar-refractivity contribution in [3.05, 3.63) is 71.8 Å². The third kappa shape index (κ3) is 4.77. The van der Waals surface area contributed by atoms with Crippen LogP contribution in [0.2, 0.25) is 5.02 Å². The third-order valence-corrected chi connectivity index (χ3v) is 4.50. The van der Waals surface area contributed by atoms with Gasteiger partial charge in [-0.05, 0) is 23.6 Å². The molecule has 3 aromatic carbocycles. The number of likely N-dealkylation sites (N-methyl/N-ethyl adjacent to an activating group) is 1. The van der Waals surface area contributed by atoms with Gasteiger partial charge < -0.3 is 15.5 Å². The standard InChI is InChI=1S/C21H20ClN3O2/c1-25(14-20(26)24-19-11-5-4-10-17(19)22)21(27)13-23-18-12-6-8-15-7-2-3-9-16(15)18/h2-12,23H,13-14H2,1H3,(H,24,26). The fraction of sp³-hybridized carbons (Fsp3) is 0.143. The van der Waals surface area contributed by atoms with E-state index in [0.29, 0.717) is 10.7 Å². The number of hydrogen-bond acceptors (Lipinski definition) is 3. The van der Waals surface area contributed by atoms with E-state index in [2.05, 4.69) is 10.6 Å². The predicted molar refractivity (Wildman–Crippen MR) is 110 cm³/mol. The van der Waals surface area contributed by atoms with Gasteiger partial charge in [0.1, 0.15) is 0 Å². The van der Waals surface area contributed by atoms with Crippen LogP contribution in [0.15, 0.2) is 66.7 Å². The minimum atomic E-state index is -0.302. The highest BCUT2D eigenvalue weighted by atomic mass is 35.5. The minimum Gasteiger partial charge on any atom is -0.376 e. The van der Waals surface area contributed by atoms with Gasteiger partial charge in [0.05, 0.1) is 23.8 Å². The number of nitrogens with zero attached hydrogens (tertiary/aromatic N) is 1. The number of para-hydroxylation sites is 1. The summed E-state index contributed by atoms with van der Waals surface area (Å²) in [5.41, 5.74) is 1.41. The fourth-order valence-corrected chi connectivity index (χ4v) is 2.92. The van der Waals surface area contributed by atoms with Crippen LogP contribution >= 0.6 is 11.6 Å². The van der Waals surface area contributed by atoms with Crippen LogP contribution in [0.1, 0.15) is 0 Å². The zero-order valence-corrected chi connectivity index (χ0v) is 15.7. The van der Waals surface area contributed by atoms with Crippen molar-refractivity contribution in [2.45, 2.75) is 0 Å². The SMILES string of the molecule is CN(CC(=O)Nc1ccccc1Cl)C(=O)CNc1cccc2ccccc12. The summed E-state index contributed by atoms with van der Waals surface area (Å²) in [5.74, 6) is -0.485. The molecule has 138 valence electrons. The Morgan fingerprint density at radius 1 is 0.926 bits per heavy atom. The van der Waals surface area contributed by atoms with E-state index in [1.807, 2.05) is 42.5 Å². The molecule has 0 heterocycles. The molecule has 2 N–H and O–H groups in total. The molecule has 5 nitrogen and oxygen atoms in total. The van der Waals surface area contributed by atoms with E-state index in [9.17, 15) is 9.59 Å². The van der Waals surface area contributed by atoms with Crippen LogP contribution in [0.5, 0.6) is 0 Å². The second-order valence-corrected chi connectivity index (χ2v) is 6.57. The van der Waals surface area contributed by atoms with Crippen LogP contribution < -0.4 is 10.6 Å². The van der Waals surface area contributed by atoms with Crippen molar-refractivity contribution in [2.24, 2.45) is 0 Å². The summed E-state index contributed by atoms with van der Waals surface area (Å²) in [5, 5.41) is 8.47. The predicted octanol–water partition coefficient (Wildman–Crippen LogP) is 4.00. The molecule has 0 aliphatic heterocycles. The molecule has 0 radical (unpaired) electrons. The first-order valence-corrected chi connectivity index (χ1v) is 8.92. The molecule has 0 unspecified atom stereocenters. The van der Waals surface area contributed by atoms with Crippen LogP contribution in [0.4, 0.5) is 11.4 Å². The number of benzene rings is 3. The van der Waals surface area contributed by atoms with Gasteiger partial charge in [-0.25, -0.2) is 0 Å². The summed E-state index contributed by atoms with van der Waals surface area (Å²) >= 11 is 6.03. The van der Waals surface area contributed by atoms with E-state index in [-0.39, 0.29) is 24.9 Å². The summed E-state index contributed by atoms with van der Waals surface area (Å²) in [7, 11) is 1.60. The number of fused-ring (bicyclic) bond motifs is 1. The highest BCUT2D eigenvalue weighted by molar-refractivity contribution is 6.33. The van der Waals surface area contributed by atoms with Gasteiger partial charge >= 0.3 is 0 Å². The molecule has 3 rings (SSSR count). The molecule has 0 bridgehead atoms. The fourth-order valence-electron chi connectivity index (χ4n) is 2.74. The van der Waals surface area contributed by atoms with Gasteiger partial charge in [0.2, 0.25) is 11.8 Å². The molecule has 6 heteroatoms. The molecular weight excluding hydrogens is 362 g/mol. The number of carbonyl (C=O) groups excluding carboxylic acids is 2. The number of carbonyl (C=O) groups is 2. The van der Waals surface area contributed by atoms with Gasteiger partial charge in [0.25, 0.3) is 0 Å². The summed E-state index contributed by atoms with van der Waals surface area (Å²) in [6, 6.07) is 20.8. The highest BCUT2D eigenvalue weighted by Gasteiger charge is 2.14. The Hall–Kier alpha value is -3.05. The van der Waals surface area contributed by atoms with Crippen LogP contribution in [0.3, 0.4) is 0 Å². The summed E-state index contributed by atoms with van der Waals surface area (Å²) in [6.07, 6.45) is 0. The molecule has 27 heavy (non-hydrogen) atoms. The largest absolute Gasteiger partial charge is 0.376 e. The van der Waals surface area contributed by atoms with Gasteiger partial charge in [0, 0.05) is 18.1 Å². The van der Waals surface area contributed by atoms with Crippen molar-refractivity contribution in [2.75, 3.05) is 30.8 Å². The van der Waals surface area contributed by atoms with Gasteiger partial charge in [-0.15, -0.1) is 0 Å². The average Bonchev–Trinajstić information content (AvgIpc) is 2.67. The van der Waals surface area contributed by atoms with E-state index in [4.69, 9.17) is 11.6 Å².